The molecule has 0 amide bonds. The minimum atomic E-state index is -4.93. The molecule has 0 unspecified atom stereocenters. The summed E-state index contributed by atoms with van der Waals surface area (Å²) in [7, 11) is 0. The van der Waals surface area contributed by atoms with Crippen molar-refractivity contribution in [2.75, 3.05) is 0 Å². The fourth-order valence-corrected chi connectivity index (χ4v) is 2.38. The van der Waals surface area contributed by atoms with E-state index in [4.69, 9.17) is 21.4 Å². The summed E-state index contributed by atoms with van der Waals surface area (Å²) in [5.41, 5.74) is -2.01. The molecule has 2 heterocycles. The molecule has 0 fully saturated rings. The maximum absolute atomic E-state index is 13.6. The Kier molecular flexibility index (Phi) is 5.24. The largest absolute Gasteiger partial charge is 0.486 e. The molecule has 0 saturated heterocycles. The van der Waals surface area contributed by atoms with Crippen LogP contribution in [-0.4, -0.2) is 29.8 Å². The van der Waals surface area contributed by atoms with Crippen LogP contribution in [0.5, 0.6) is 5.75 Å². The second-order valence-corrected chi connectivity index (χ2v) is 5.56. The molecule has 12 heteroatoms. The average molecular weight is 404 g/mol. The average Bonchev–Trinajstić information content (AvgIpc) is 3.11. The number of ether oxygens (including phenoxy) is 1. The molecule has 0 spiro atoms. The molecule has 0 radical (unpaired) electrons. The van der Waals surface area contributed by atoms with Crippen molar-refractivity contribution < 1.29 is 27.4 Å². The first-order valence-electron chi connectivity index (χ1n) is 7.30. The van der Waals surface area contributed by atoms with E-state index in [9.17, 15) is 17.6 Å². The quantitative estimate of drug-likeness (QED) is 0.659. The maximum atomic E-state index is 13.6. The monoisotopic (exact) mass is 403 g/mol. The van der Waals surface area contributed by atoms with Gasteiger partial charge in [0.05, 0.1) is 18.0 Å². The lowest BCUT2D eigenvalue weighted by Gasteiger charge is -2.15. The lowest BCUT2D eigenvalue weighted by Crippen LogP contribution is -2.14. The smallest absolute Gasteiger partial charge is 0.419 e. The molecule has 1 N–H and O–H groups in total. The van der Waals surface area contributed by atoms with Crippen LogP contribution in [0, 0.1) is 5.82 Å². The predicted octanol–water partition coefficient (Wildman–Crippen LogP) is 2.94. The summed E-state index contributed by atoms with van der Waals surface area (Å²) in [6, 6.07) is 1.67. The number of hydrogen-bond donors (Lipinski definition) is 1. The lowest BCUT2D eigenvalue weighted by molar-refractivity contribution is -0.141. The summed E-state index contributed by atoms with van der Waals surface area (Å²) in [5.74, 6) is -1.13. The Morgan fingerprint density at radius 3 is 2.44 bits per heavy atom. The highest BCUT2D eigenvalue weighted by Crippen LogP contribution is 2.37. The number of nitrogens with zero attached hydrogens (tertiary/aromatic N) is 5. The van der Waals surface area contributed by atoms with E-state index in [0.29, 0.717) is 6.07 Å². The minimum Gasteiger partial charge on any atom is -0.486 e. The van der Waals surface area contributed by atoms with Crippen LogP contribution in [0.3, 0.4) is 0 Å². The van der Waals surface area contributed by atoms with Gasteiger partial charge in [0.15, 0.2) is 11.6 Å². The number of hydrogen-bond acceptors (Lipinski definition) is 6. The van der Waals surface area contributed by atoms with Gasteiger partial charge in [-0.05, 0) is 12.1 Å². The third kappa shape index (κ3) is 4.14. The van der Waals surface area contributed by atoms with Crippen molar-refractivity contribution in [1.29, 1.82) is 0 Å². The predicted molar refractivity (Wildman–Crippen MR) is 83.6 cm³/mol. The minimum absolute atomic E-state index is 0.0368. The van der Waals surface area contributed by atoms with Crippen LogP contribution in [0.4, 0.5) is 17.6 Å². The zero-order valence-corrected chi connectivity index (χ0v) is 14.0. The Morgan fingerprint density at radius 2 is 1.85 bits per heavy atom. The zero-order chi connectivity index (χ0) is 19.6. The molecule has 1 aromatic carbocycles. The molecular formula is C15H10ClF4N5O2. The summed E-state index contributed by atoms with van der Waals surface area (Å²) in [4.78, 5) is 11.7. The van der Waals surface area contributed by atoms with Gasteiger partial charge < -0.3 is 9.84 Å². The van der Waals surface area contributed by atoms with E-state index < -0.39 is 29.7 Å². The van der Waals surface area contributed by atoms with Crippen LogP contribution >= 0.6 is 11.6 Å². The molecule has 3 aromatic rings. The molecule has 0 aliphatic carbocycles. The first-order valence-corrected chi connectivity index (χ1v) is 7.68. The molecule has 0 aliphatic heterocycles. The van der Waals surface area contributed by atoms with Crippen molar-refractivity contribution in [3.63, 3.8) is 0 Å². The van der Waals surface area contributed by atoms with E-state index in [1.807, 2.05) is 0 Å². The summed E-state index contributed by atoms with van der Waals surface area (Å²) in [6.45, 7) is -0.990. The first-order chi connectivity index (χ1) is 12.8. The third-order valence-corrected chi connectivity index (χ3v) is 3.73. The Balaban J connectivity index is 1.79. The van der Waals surface area contributed by atoms with Crippen molar-refractivity contribution in [1.82, 2.24) is 24.7 Å². The standard InChI is InChI=1S/C15H10ClF4N5O2/c16-10-1-2-11(17)13(15(18,19)20)9(10)6-27-8-3-21-14(22-4-8)25-7-23-12(5-26)24-25/h1-4,7,26H,5-6H2. The van der Waals surface area contributed by atoms with Gasteiger partial charge in [-0.3, -0.25) is 0 Å². The summed E-state index contributed by atoms with van der Waals surface area (Å²) in [5, 5.41) is 12.5. The fraction of sp³-hybridized carbons (Fsp3) is 0.200. The van der Waals surface area contributed by atoms with Crippen molar-refractivity contribution in [3.05, 3.63) is 58.6 Å². The first kappa shape index (κ1) is 19.0. The third-order valence-electron chi connectivity index (χ3n) is 3.37. The van der Waals surface area contributed by atoms with E-state index in [0.717, 1.165) is 6.07 Å². The molecule has 3 rings (SSSR count). The molecule has 0 saturated carbocycles. The molecule has 27 heavy (non-hydrogen) atoms. The maximum Gasteiger partial charge on any atom is 0.419 e. The molecule has 7 nitrogen and oxygen atoms in total. The van der Waals surface area contributed by atoms with Gasteiger partial charge in [-0.1, -0.05) is 11.6 Å². The van der Waals surface area contributed by atoms with Crippen LogP contribution in [0.25, 0.3) is 5.95 Å². The molecule has 142 valence electrons. The van der Waals surface area contributed by atoms with E-state index in [1.165, 1.54) is 23.4 Å². The molecule has 0 aliphatic rings. The van der Waals surface area contributed by atoms with E-state index in [2.05, 4.69) is 20.1 Å². The van der Waals surface area contributed by atoms with Crippen LogP contribution in [0.15, 0.2) is 30.9 Å². The van der Waals surface area contributed by atoms with Gasteiger partial charge in [0.2, 0.25) is 0 Å². The SMILES string of the molecule is OCc1ncn(-c2ncc(OCc3c(Cl)ccc(F)c3C(F)(F)F)cn2)n1. The highest BCUT2D eigenvalue weighted by molar-refractivity contribution is 6.31. The summed E-state index contributed by atoms with van der Waals surface area (Å²) >= 11 is 5.78. The van der Waals surface area contributed by atoms with Crippen LogP contribution in [-0.2, 0) is 19.4 Å². The van der Waals surface area contributed by atoms with Gasteiger partial charge in [0.25, 0.3) is 5.95 Å². The number of alkyl halides is 3. The van der Waals surface area contributed by atoms with Gasteiger partial charge in [0, 0.05) is 10.6 Å². The lowest BCUT2D eigenvalue weighted by atomic mass is 10.1. The highest BCUT2D eigenvalue weighted by atomic mass is 35.5. The summed E-state index contributed by atoms with van der Waals surface area (Å²) in [6.07, 6.45) is -1.25. The van der Waals surface area contributed by atoms with Crippen LogP contribution in [0.1, 0.15) is 17.0 Å². The van der Waals surface area contributed by atoms with Crippen molar-refractivity contribution >= 4 is 11.6 Å². The normalized spacial score (nSPS) is 11.6. The van der Waals surface area contributed by atoms with Gasteiger partial charge >= 0.3 is 6.18 Å². The van der Waals surface area contributed by atoms with Crippen molar-refractivity contribution in [3.8, 4) is 11.7 Å². The van der Waals surface area contributed by atoms with Crippen molar-refractivity contribution in [2.24, 2.45) is 0 Å². The van der Waals surface area contributed by atoms with E-state index in [-0.39, 0.29) is 29.2 Å². The van der Waals surface area contributed by atoms with Crippen molar-refractivity contribution in [2.45, 2.75) is 19.4 Å². The number of benzene rings is 1. The van der Waals surface area contributed by atoms with Gasteiger partial charge in [-0.2, -0.15) is 17.9 Å². The Hall–Kier alpha value is -2.79. The summed E-state index contributed by atoms with van der Waals surface area (Å²) < 4.78 is 59.3. The van der Waals surface area contributed by atoms with Crippen LogP contribution in [0.2, 0.25) is 5.02 Å². The number of aliphatic hydroxyl groups is 1. The Labute approximate surface area is 154 Å². The number of rotatable bonds is 5. The topological polar surface area (TPSA) is 86.0 Å². The Bertz CT molecular complexity index is 946. The van der Waals surface area contributed by atoms with E-state index in [1.54, 1.807) is 0 Å². The Morgan fingerprint density at radius 1 is 1.15 bits per heavy atom. The number of aliphatic hydroxyl groups excluding tert-OH is 1. The zero-order valence-electron chi connectivity index (χ0n) is 13.3. The van der Waals surface area contributed by atoms with Gasteiger partial charge in [0.1, 0.15) is 25.4 Å². The van der Waals surface area contributed by atoms with Gasteiger partial charge in [-0.25, -0.2) is 19.3 Å². The van der Waals surface area contributed by atoms with E-state index >= 15 is 0 Å². The number of aromatic nitrogens is 5. The molecule has 0 bridgehead atoms. The highest BCUT2D eigenvalue weighted by Gasteiger charge is 2.38. The van der Waals surface area contributed by atoms with Crippen LogP contribution < -0.4 is 4.74 Å². The second-order valence-electron chi connectivity index (χ2n) is 5.15. The van der Waals surface area contributed by atoms with Gasteiger partial charge in [-0.15, -0.1) is 5.10 Å². The second kappa shape index (κ2) is 7.45. The molecule has 0 atom stereocenters. The fourth-order valence-electron chi connectivity index (χ4n) is 2.17. The molecular weight excluding hydrogens is 394 g/mol. The molecule has 2 aromatic heterocycles. The number of halogens is 5.